The molecule has 0 aromatic rings. The van der Waals surface area contributed by atoms with Gasteiger partial charge in [0.25, 0.3) is 0 Å². The summed E-state index contributed by atoms with van der Waals surface area (Å²) in [6.07, 6.45) is 1.12. The largest absolute Gasteiger partial charge is 0.375 e. The predicted molar refractivity (Wildman–Crippen MR) is 57.8 cm³/mol. The number of nitrogens with zero attached hydrogens (tertiary/aromatic N) is 1. The van der Waals surface area contributed by atoms with Gasteiger partial charge in [0.1, 0.15) is 0 Å². The van der Waals surface area contributed by atoms with E-state index in [-0.39, 0.29) is 0 Å². The van der Waals surface area contributed by atoms with Gasteiger partial charge in [0.15, 0.2) is 0 Å². The standard InChI is InChI=1S/C9H17NO.C2H6/c1-8(2)10-5-4-6-11-7-9(10)3;1-2/h8H,3-7H2,1-2H3;1-2H3. The third kappa shape index (κ3) is 4.32. The van der Waals surface area contributed by atoms with E-state index in [1.165, 1.54) is 0 Å². The van der Waals surface area contributed by atoms with Crippen LogP contribution in [0.1, 0.15) is 34.1 Å². The van der Waals surface area contributed by atoms with Crippen molar-refractivity contribution in [3.8, 4) is 0 Å². The molecular weight excluding hydrogens is 162 g/mol. The molecule has 0 unspecified atom stereocenters. The van der Waals surface area contributed by atoms with Crippen LogP contribution < -0.4 is 0 Å². The van der Waals surface area contributed by atoms with Gasteiger partial charge in [0.2, 0.25) is 0 Å². The average Bonchev–Trinajstić information content (AvgIpc) is 2.33. The van der Waals surface area contributed by atoms with Gasteiger partial charge in [-0.05, 0) is 20.3 Å². The van der Waals surface area contributed by atoms with Gasteiger partial charge in [-0.15, -0.1) is 0 Å². The average molecular weight is 185 g/mol. The summed E-state index contributed by atoms with van der Waals surface area (Å²) in [5.41, 5.74) is 1.12. The van der Waals surface area contributed by atoms with Crippen LogP contribution in [0.2, 0.25) is 0 Å². The second-order valence-electron chi connectivity index (χ2n) is 3.26. The van der Waals surface area contributed by atoms with Gasteiger partial charge in [-0.1, -0.05) is 20.4 Å². The molecule has 0 aromatic carbocycles. The fraction of sp³-hybridized carbons (Fsp3) is 0.818. The second-order valence-corrected chi connectivity index (χ2v) is 3.26. The Balaban J connectivity index is 0.000000671. The van der Waals surface area contributed by atoms with Crippen LogP contribution in [0.4, 0.5) is 0 Å². The zero-order chi connectivity index (χ0) is 10.3. The molecule has 0 atom stereocenters. The Hall–Kier alpha value is -0.500. The van der Waals surface area contributed by atoms with Crippen LogP contribution in [-0.4, -0.2) is 30.7 Å². The lowest BCUT2D eigenvalue weighted by molar-refractivity contribution is 0.160. The SMILES string of the molecule is C=C1COCCCN1C(C)C.CC. The molecular formula is C11H23NO. The summed E-state index contributed by atoms with van der Waals surface area (Å²) in [4.78, 5) is 2.31. The van der Waals surface area contributed by atoms with E-state index < -0.39 is 0 Å². The van der Waals surface area contributed by atoms with Crippen molar-refractivity contribution in [3.63, 3.8) is 0 Å². The highest BCUT2D eigenvalue weighted by Crippen LogP contribution is 2.12. The fourth-order valence-electron chi connectivity index (χ4n) is 1.39. The van der Waals surface area contributed by atoms with E-state index in [1.54, 1.807) is 0 Å². The Morgan fingerprint density at radius 1 is 1.38 bits per heavy atom. The molecule has 1 saturated heterocycles. The van der Waals surface area contributed by atoms with E-state index in [9.17, 15) is 0 Å². The monoisotopic (exact) mass is 185 g/mol. The highest BCUT2D eigenvalue weighted by molar-refractivity contribution is 4.96. The third-order valence-corrected chi connectivity index (χ3v) is 1.99. The van der Waals surface area contributed by atoms with Crippen molar-refractivity contribution in [1.82, 2.24) is 4.90 Å². The van der Waals surface area contributed by atoms with Crippen molar-refractivity contribution in [2.45, 2.75) is 40.2 Å². The molecule has 0 bridgehead atoms. The molecule has 0 aromatic heterocycles. The second kappa shape index (κ2) is 6.96. The Morgan fingerprint density at radius 2 is 2.00 bits per heavy atom. The van der Waals surface area contributed by atoms with Gasteiger partial charge < -0.3 is 9.64 Å². The van der Waals surface area contributed by atoms with Crippen molar-refractivity contribution >= 4 is 0 Å². The van der Waals surface area contributed by atoms with E-state index in [0.717, 1.165) is 25.3 Å². The van der Waals surface area contributed by atoms with Crippen molar-refractivity contribution in [1.29, 1.82) is 0 Å². The number of ether oxygens (including phenoxy) is 1. The molecule has 1 rings (SSSR count). The van der Waals surface area contributed by atoms with E-state index in [4.69, 9.17) is 4.74 Å². The van der Waals surface area contributed by atoms with E-state index in [0.29, 0.717) is 12.6 Å². The predicted octanol–water partition coefficient (Wildman–Crippen LogP) is 2.66. The Kier molecular flexibility index (Phi) is 6.69. The summed E-state index contributed by atoms with van der Waals surface area (Å²) in [5.74, 6) is 0. The Labute approximate surface area is 82.6 Å². The molecule has 13 heavy (non-hydrogen) atoms. The first-order valence-electron chi connectivity index (χ1n) is 5.24. The lowest BCUT2D eigenvalue weighted by Gasteiger charge is -2.28. The molecule has 0 saturated carbocycles. The molecule has 2 nitrogen and oxygen atoms in total. The van der Waals surface area contributed by atoms with Crippen LogP contribution in [0.5, 0.6) is 0 Å². The third-order valence-electron chi connectivity index (χ3n) is 1.99. The maximum Gasteiger partial charge on any atom is 0.0858 e. The molecule has 0 aliphatic carbocycles. The summed E-state index contributed by atoms with van der Waals surface area (Å²) in [7, 11) is 0. The minimum Gasteiger partial charge on any atom is -0.375 e. The molecule has 0 amide bonds. The zero-order valence-electron chi connectivity index (χ0n) is 9.47. The van der Waals surface area contributed by atoms with Gasteiger partial charge in [-0.25, -0.2) is 0 Å². The minimum absolute atomic E-state index is 0.559. The van der Waals surface area contributed by atoms with E-state index in [2.05, 4.69) is 25.3 Å². The van der Waals surface area contributed by atoms with Crippen LogP contribution in [-0.2, 0) is 4.74 Å². The van der Waals surface area contributed by atoms with Gasteiger partial charge in [0, 0.05) is 24.9 Å². The molecule has 0 N–H and O–H groups in total. The molecule has 1 fully saturated rings. The summed E-state index contributed by atoms with van der Waals surface area (Å²) in [6.45, 7) is 15.0. The van der Waals surface area contributed by atoms with Crippen molar-refractivity contribution in [2.24, 2.45) is 0 Å². The zero-order valence-corrected chi connectivity index (χ0v) is 9.47. The molecule has 1 heterocycles. The van der Waals surface area contributed by atoms with Crippen LogP contribution in [0.15, 0.2) is 12.3 Å². The summed E-state index contributed by atoms with van der Waals surface area (Å²) >= 11 is 0. The Morgan fingerprint density at radius 3 is 2.54 bits per heavy atom. The van der Waals surface area contributed by atoms with Crippen LogP contribution >= 0.6 is 0 Å². The maximum atomic E-state index is 5.35. The summed E-state index contributed by atoms with van der Waals surface area (Å²) in [5, 5.41) is 0. The van der Waals surface area contributed by atoms with Gasteiger partial charge >= 0.3 is 0 Å². The van der Waals surface area contributed by atoms with Gasteiger partial charge in [-0.3, -0.25) is 0 Å². The topological polar surface area (TPSA) is 12.5 Å². The van der Waals surface area contributed by atoms with Crippen molar-refractivity contribution in [3.05, 3.63) is 12.3 Å². The minimum atomic E-state index is 0.559. The smallest absolute Gasteiger partial charge is 0.0858 e. The molecule has 78 valence electrons. The van der Waals surface area contributed by atoms with Crippen LogP contribution in [0, 0.1) is 0 Å². The molecule has 0 radical (unpaired) electrons. The molecule has 1 aliphatic heterocycles. The van der Waals surface area contributed by atoms with Crippen LogP contribution in [0.25, 0.3) is 0 Å². The maximum absolute atomic E-state index is 5.35. The van der Waals surface area contributed by atoms with Crippen LogP contribution in [0.3, 0.4) is 0 Å². The number of rotatable bonds is 1. The van der Waals surface area contributed by atoms with Gasteiger partial charge in [0.05, 0.1) is 6.61 Å². The highest BCUT2D eigenvalue weighted by atomic mass is 16.5. The first kappa shape index (κ1) is 12.5. The fourth-order valence-corrected chi connectivity index (χ4v) is 1.39. The summed E-state index contributed by atoms with van der Waals surface area (Å²) in [6, 6.07) is 0.559. The molecule has 1 aliphatic rings. The number of hydrogen-bond acceptors (Lipinski definition) is 2. The lowest BCUT2D eigenvalue weighted by Crippen LogP contribution is -2.30. The summed E-state index contributed by atoms with van der Waals surface area (Å²) < 4.78 is 5.35. The normalized spacial score (nSPS) is 17.9. The van der Waals surface area contributed by atoms with E-state index >= 15 is 0 Å². The quantitative estimate of drug-likeness (QED) is 0.622. The molecule has 2 heteroatoms. The highest BCUT2D eigenvalue weighted by Gasteiger charge is 2.13. The Bertz CT molecular complexity index is 143. The van der Waals surface area contributed by atoms with E-state index in [1.807, 2.05) is 13.8 Å². The van der Waals surface area contributed by atoms with Gasteiger partial charge in [-0.2, -0.15) is 0 Å². The lowest BCUT2D eigenvalue weighted by atomic mass is 10.2. The first-order valence-corrected chi connectivity index (χ1v) is 5.24. The van der Waals surface area contributed by atoms with Crippen molar-refractivity contribution in [2.75, 3.05) is 19.8 Å². The number of hydrogen-bond donors (Lipinski definition) is 0. The molecule has 0 spiro atoms. The van der Waals surface area contributed by atoms with Crippen molar-refractivity contribution < 1.29 is 4.74 Å². The first-order chi connectivity index (χ1) is 6.22.